The van der Waals surface area contributed by atoms with E-state index in [1.165, 1.54) is 31.3 Å². The third-order valence-corrected chi connectivity index (χ3v) is 5.24. The molecule has 0 bridgehead atoms. The Morgan fingerprint density at radius 1 is 1.16 bits per heavy atom. The second-order valence-corrected chi connectivity index (χ2v) is 7.65. The lowest BCUT2D eigenvalue weighted by Crippen LogP contribution is -2.39. The Hall–Kier alpha value is -3.95. The first-order valence-electron chi connectivity index (χ1n) is 8.68. The number of benzene rings is 1. The molecule has 0 radical (unpaired) electrons. The topological polar surface area (TPSA) is 164 Å². The number of amides is 1. The van der Waals surface area contributed by atoms with Crippen LogP contribution in [0.5, 0.6) is 11.5 Å². The highest BCUT2D eigenvalue weighted by Gasteiger charge is 2.16. The fourth-order valence-electron chi connectivity index (χ4n) is 2.91. The molecule has 11 nitrogen and oxygen atoms in total. The van der Waals surface area contributed by atoms with Crippen LogP contribution in [0.25, 0.3) is 22.0 Å². The van der Waals surface area contributed by atoms with Crippen molar-refractivity contribution in [2.75, 3.05) is 14.2 Å². The number of rotatable bonds is 7. The van der Waals surface area contributed by atoms with Crippen LogP contribution in [-0.4, -0.2) is 43.8 Å². The van der Waals surface area contributed by atoms with E-state index in [1.807, 2.05) is 0 Å². The van der Waals surface area contributed by atoms with Gasteiger partial charge in [-0.1, -0.05) is 6.07 Å². The van der Waals surface area contributed by atoms with Gasteiger partial charge in [-0.25, -0.2) is 9.52 Å². The van der Waals surface area contributed by atoms with Gasteiger partial charge in [0.1, 0.15) is 6.07 Å². The first kappa shape index (κ1) is 21.8. The summed E-state index contributed by atoms with van der Waals surface area (Å²) >= 11 is 0. The molecule has 0 saturated carbocycles. The molecular weight excluding hydrogens is 426 g/mol. The van der Waals surface area contributed by atoms with Crippen molar-refractivity contribution < 1.29 is 27.8 Å². The molecule has 3 N–H and O–H groups in total. The smallest absolute Gasteiger partial charge is 0.419 e. The molecule has 0 aliphatic rings. The number of nitrogens with one attached hydrogen (secondary N) is 2. The second-order valence-electron chi connectivity index (χ2n) is 6.15. The highest BCUT2D eigenvalue weighted by atomic mass is 32.2. The van der Waals surface area contributed by atoms with E-state index in [-0.39, 0.29) is 6.54 Å². The molecule has 0 saturated heterocycles. The molecule has 0 spiro atoms. The average molecular weight is 443 g/mol. The van der Waals surface area contributed by atoms with E-state index >= 15 is 0 Å². The number of hydrogen-bond acceptors (Lipinski definition) is 8. The Labute approximate surface area is 177 Å². The van der Waals surface area contributed by atoms with Crippen molar-refractivity contribution in [3.8, 4) is 28.7 Å². The lowest BCUT2D eigenvalue weighted by Gasteiger charge is -2.13. The minimum Gasteiger partial charge on any atom is -0.493 e. The van der Waals surface area contributed by atoms with Gasteiger partial charge in [-0.15, -0.1) is 0 Å². The van der Waals surface area contributed by atoms with Gasteiger partial charge in [0.2, 0.25) is 0 Å². The molecule has 0 fully saturated rings. The van der Waals surface area contributed by atoms with Crippen molar-refractivity contribution in [1.29, 1.82) is 5.26 Å². The summed E-state index contributed by atoms with van der Waals surface area (Å²) in [5.41, 5.74) is 2.44. The Kier molecular flexibility index (Phi) is 6.19. The van der Waals surface area contributed by atoms with Crippen molar-refractivity contribution in [3.63, 3.8) is 0 Å². The second kappa shape index (κ2) is 8.82. The van der Waals surface area contributed by atoms with E-state index in [1.54, 1.807) is 24.3 Å². The molecule has 1 amide bonds. The molecule has 12 heteroatoms. The molecule has 31 heavy (non-hydrogen) atoms. The van der Waals surface area contributed by atoms with Gasteiger partial charge in [0.05, 0.1) is 37.5 Å². The zero-order valence-electron chi connectivity index (χ0n) is 16.4. The van der Waals surface area contributed by atoms with Gasteiger partial charge in [0.15, 0.2) is 11.5 Å². The summed E-state index contributed by atoms with van der Waals surface area (Å²) in [6, 6.07) is 8.77. The van der Waals surface area contributed by atoms with Gasteiger partial charge in [-0.3, -0.25) is 9.97 Å². The summed E-state index contributed by atoms with van der Waals surface area (Å²) in [5, 5.41) is 18.7. The Morgan fingerprint density at radius 2 is 1.87 bits per heavy atom. The van der Waals surface area contributed by atoms with Gasteiger partial charge < -0.3 is 14.6 Å². The Bertz CT molecular complexity index is 1290. The maximum absolute atomic E-state index is 11.5. The van der Waals surface area contributed by atoms with Crippen molar-refractivity contribution in [1.82, 2.24) is 19.4 Å². The molecule has 2 heterocycles. The average Bonchev–Trinajstić information content (AvgIpc) is 2.75. The minimum atomic E-state index is -4.21. The summed E-state index contributed by atoms with van der Waals surface area (Å²) in [4.78, 5) is 19.0. The number of ether oxygens (including phenoxy) is 2. The molecular formula is C19H17N5O6S. The van der Waals surface area contributed by atoms with Crippen LogP contribution in [0, 0.1) is 11.3 Å². The van der Waals surface area contributed by atoms with Crippen molar-refractivity contribution >= 4 is 27.2 Å². The summed E-state index contributed by atoms with van der Waals surface area (Å²) in [6.07, 6.45) is 1.24. The first-order valence-corrected chi connectivity index (χ1v) is 10.2. The largest absolute Gasteiger partial charge is 0.493 e. The predicted molar refractivity (Wildman–Crippen MR) is 110 cm³/mol. The highest BCUT2D eigenvalue weighted by Crippen LogP contribution is 2.37. The van der Waals surface area contributed by atoms with Crippen LogP contribution in [0.3, 0.4) is 0 Å². The predicted octanol–water partition coefficient (Wildman–Crippen LogP) is 1.79. The highest BCUT2D eigenvalue weighted by molar-refractivity contribution is 7.88. The fourth-order valence-corrected chi connectivity index (χ4v) is 3.55. The molecule has 2 aromatic heterocycles. The van der Waals surface area contributed by atoms with Crippen LogP contribution in [0.15, 0.2) is 36.7 Å². The molecule has 0 aliphatic carbocycles. The van der Waals surface area contributed by atoms with Crippen molar-refractivity contribution in [2.45, 2.75) is 6.54 Å². The number of carbonyl (C=O) groups is 1. The number of aromatic nitrogens is 2. The van der Waals surface area contributed by atoms with E-state index in [0.29, 0.717) is 44.8 Å². The maximum atomic E-state index is 11.5. The standard InChI is InChI=1S/C19H17N5O6S/c1-29-16-5-14-15(6-17(16)30-2)22-9-12(7-20)18(14)11-3-4-13(21-8-11)10-23-31(27,28)24-19(25)26/h3-6,8-9,23-24H,10H2,1-2H3,(H,25,26). The number of fused-ring (bicyclic) bond motifs is 1. The quantitative estimate of drug-likeness (QED) is 0.494. The van der Waals surface area contributed by atoms with Crippen LogP contribution in [0.4, 0.5) is 4.79 Å². The SMILES string of the molecule is COc1cc2ncc(C#N)c(-c3ccc(CNS(=O)(=O)NC(=O)O)nc3)c2cc1OC. The molecule has 0 atom stereocenters. The number of hydrogen-bond donors (Lipinski definition) is 3. The Balaban J connectivity index is 1.99. The third kappa shape index (κ3) is 4.80. The number of carboxylic acid groups (broad SMARTS) is 1. The number of nitrogens with zero attached hydrogens (tertiary/aromatic N) is 3. The molecule has 3 aromatic rings. The van der Waals surface area contributed by atoms with Crippen molar-refractivity contribution in [3.05, 3.63) is 47.9 Å². The first-order chi connectivity index (χ1) is 14.8. The van der Waals surface area contributed by atoms with Crippen LogP contribution >= 0.6 is 0 Å². The van der Waals surface area contributed by atoms with Gasteiger partial charge in [-0.2, -0.15) is 18.4 Å². The molecule has 3 rings (SSSR count). The third-order valence-electron chi connectivity index (χ3n) is 4.27. The van der Waals surface area contributed by atoms with E-state index in [2.05, 4.69) is 20.8 Å². The molecule has 0 unspecified atom stereocenters. The van der Waals surface area contributed by atoms with Crippen LogP contribution < -0.4 is 18.9 Å². The fraction of sp³-hybridized carbons (Fsp3) is 0.158. The molecule has 160 valence electrons. The van der Waals surface area contributed by atoms with E-state index in [0.717, 1.165) is 0 Å². The summed E-state index contributed by atoms with van der Waals surface area (Å²) in [7, 11) is -1.20. The summed E-state index contributed by atoms with van der Waals surface area (Å²) in [6.45, 7) is -0.226. The van der Waals surface area contributed by atoms with E-state index < -0.39 is 16.3 Å². The summed E-state index contributed by atoms with van der Waals surface area (Å²) < 4.78 is 37.2. The monoisotopic (exact) mass is 443 g/mol. The zero-order valence-corrected chi connectivity index (χ0v) is 17.2. The number of methoxy groups -OCH3 is 2. The number of nitriles is 1. The van der Waals surface area contributed by atoms with Crippen molar-refractivity contribution in [2.24, 2.45) is 0 Å². The molecule has 1 aromatic carbocycles. The Morgan fingerprint density at radius 3 is 2.45 bits per heavy atom. The van der Waals surface area contributed by atoms with Gasteiger partial charge in [0, 0.05) is 35.0 Å². The van der Waals surface area contributed by atoms with E-state index in [4.69, 9.17) is 14.6 Å². The lowest BCUT2D eigenvalue weighted by molar-refractivity contribution is 0.201. The lowest BCUT2D eigenvalue weighted by atomic mass is 9.97. The van der Waals surface area contributed by atoms with E-state index in [9.17, 15) is 18.5 Å². The van der Waals surface area contributed by atoms with Crippen LogP contribution in [0.2, 0.25) is 0 Å². The summed E-state index contributed by atoms with van der Waals surface area (Å²) in [5.74, 6) is 0.965. The number of pyridine rings is 2. The van der Waals surface area contributed by atoms with Crippen LogP contribution in [-0.2, 0) is 16.8 Å². The maximum Gasteiger partial charge on any atom is 0.419 e. The van der Waals surface area contributed by atoms with Gasteiger partial charge in [-0.05, 0) is 12.1 Å². The van der Waals surface area contributed by atoms with Gasteiger partial charge in [0.25, 0.3) is 0 Å². The molecule has 0 aliphatic heterocycles. The van der Waals surface area contributed by atoms with Crippen LogP contribution in [0.1, 0.15) is 11.3 Å². The normalized spacial score (nSPS) is 11.0. The zero-order chi connectivity index (χ0) is 22.6. The van der Waals surface area contributed by atoms with Gasteiger partial charge >= 0.3 is 16.3 Å². The minimum absolute atomic E-state index is 0.226.